The first-order valence-corrected chi connectivity index (χ1v) is 8.06. The fourth-order valence-corrected chi connectivity index (χ4v) is 3.98. The molecule has 2 fully saturated rings. The van der Waals surface area contributed by atoms with Crippen molar-refractivity contribution in [2.24, 2.45) is 11.8 Å². The number of benzene rings is 1. The largest absolute Gasteiger partial charge is 0.481 e. The first-order valence-electron chi connectivity index (χ1n) is 8.06. The third-order valence-electron chi connectivity index (χ3n) is 4.94. The predicted octanol–water partition coefficient (Wildman–Crippen LogP) is 3.38. The zero-order valence-corrected chi connectivity index (χ0v) is 13.2. The molecule has 3 heteroatoms. The number of carbonyl (C=O) groups is 1. The molecule has 1 aromatic carbocycles. The topological polar surface area (TPSA) is 38.3 Å². The van der Waals surface area contributed by atoms with E-state index in [4.69, 9.17) is 4.74 Å². The summed E-state index contributed by atoms with van der Waals surface area (Å²) in [6.45, 7) is 5.92. The summed E-state index contributed by atoms with van der Waals surface area (Å²) in [5, 5.41) is 3.20. The lowest BCUT2D eigenvalue weighted by molar-refractivity contribution is -0.128. The summed E-state index contributed by atoms with van der Waals surface area (Å²) in [5.74, 6) is 2.35. The number of amides is 1. The second-order valence-corrected chi connectivity index (χ2v) is 6.87. The van der Waals surface area contributed by atoms with Crippen LogP contribution in [-0.2, 0) is 4.79 Å². The molecule has 21 heavy (non-hydrogen) atoms. The highest BCUT2D eigenvalue weighted by Gasteiger charge is 2.40. The van der Waals surface area contributed by atoms with Crippen molar-refractivity contribution in [1.29, 1.82) is 0 Å². The van der Waals surface area contributed by atoms with Gasteiger partial charge >= 0.3 is 0 Å². The van der Waals surface area contributed by atoms with Gasteiger partial charge in [-0.05, 0) is 75.1 Å². The van der Waals surface area contributed by atoms with Crippen LogP contribution in [-0.4, -0.2) is 18.1 Å². The Morgan fingerprint density at radius 2 is 1.90 bits per heavy atom. The monoisotopic (exact) mass is 287 g/mol. The Morgan fingerprint density at radius 3 is 2.48 bits per heavy atom. The third-order valence-corrected chi connectivity index (χ3v) is 4.94. The second-order valence-electron chi connectivity index (χ2n) is 6.87. The molecule has 1 aromatic rings. The molecule has 0 saturated heterocycles. The minimum Gasteiger partial charge on any atom is -0.481 e. The van der Waals surface area contributed by atoms with Gasteiger partial charge in [0.25, 0.3) is 5.91 Å². The van der Waals surface area contributed by atoms with E-state index in [1.165, 1.54) is 19.3 Å². The summed E-state index contributed by atoms with van der Waals surface area (Å²) < 4.78 is 5.82. The van der Waals surface area contributed by atoms with Crippen molar-refractivity contribution < 1.29 is 9.53 Å². The summed E-state index contributed by atoms with van der Waals surface area (Å²) in [6.07, 6.45) is 4.66. The van der Waals surface area contributed by atoms with Crippen LogP contribution in [0.4, 0.5) is 0 Å². The molecule has 3 nitrogen and oxygen atoms in total. The van der Waals surface area contributed by atoms with Gasteiger partial charge in [-0.2, -0.15) is 0 Å². The lowest BCUT2D eigenvalue weighted by Crippen LogP contribution is -2.44. The van der Waals surface area contributed by atoms with Gasteiger partial charge in [-0.15, -0.1) is 0 Å². The smallest absolute Gasteiger partial charge is 0.261 e. The highest BCUT2D eigenvalue weighted by atomic mass is 16.5. The normalized spacial score (nSPS) is 28.4. The van der Waals surface area contributed by atoms with Crippen LogP contribution < -0.4 is 10.1 Å². The van der Waals surface area contributed by atoms with Crippen molar-refractivity contribution in [2.75, 3.05) is 0 Å². The molecule has 2 saturated carbocycles. The molecule has 114 valence electrons. The molecule has 2 bridgehead atoms. The zero-order chi connectivity index (χ0) is 15.0. The summed E-state index contributed by atoms with van der Waals surface area (Å²) >= 11 is 0. The van der Waals surface area contributed by atoms with E-state index in [0.717, 1.165) is 29.2 Å². The second kappa shape index (κ2) is 5.70. The molecule has 1 N–H and O–H groups in total. The van der Waals surface area contributed by atoms with Crippen LogP contribution in [0.25, 0.3) is 0 Å². The van der Waals surface area contributed by atoms with Gasteiger partial charge in [0.15, 0.2) is 6.10 Å². The molecule has 1 amide bonds. The fraction of sp³-hybridized carbons (Fsp3) is 0.611. The number of carbonyl (C=O) groups excluding carboxylic acids is 1. The highest BCUT2D eigenvalue weighted by Crippen LogP contribution is 2.44. The Morgan fingerprint density at radius 1 is 1.19 bits per heavy atom. The number of hydrogen-bond acceptors (Lipinski definition) is 2. The molecule has 0 spiro atoms. The van der Waals surface area contributed by atoms with Gasteiger partial charge in [-0.1, -0.05) is 12.5 Å². The molecule has 0 heterocycles. The summed E-state index contributed by atoms with van der Waals surface area (Å²) in [4.78, 5) is 12.3. The third kappa shape index (κ3) is 3.22. The molecule has 0 radical (unpaired) electrons. The number of rotatable bonds is 4. The van der Waals surface area contributed by atoms with E-state index < -0.39 is 6.10 Å². The number of aryl methyl sites for hydroxylation is 2. The van der Waals surface area contributed by atoms with Crippen LogP contribution in [0.2, 0.25) is 0 Å². The molecule has 2 aliphatic carbocycles. The van der Waals surface area contributed by atoms with Gasteiger partial charge < -0.3 is 10.1 Å². The maximum absolute atomic E-state index is 12.3. The van der Waals surface area contributed by atoms with Gasteiger partial charge in [-0.3, -0.25) is 4.79 Å². The number of nitrogens with one attached hydrogen (secondary N) is 1. The Hall–Kier alpha value is -1.51. The molecule has 0 aliphatic heterocycles. The predicted molar refractivity (Wildman–Crippen MR) is 83.4 cm³/mol. The van der Waals surface area contributed by atoms with Crippen molar-refractivity contribution in [3.8, 4) is 5.75 Å². The van der Waals surface area contributed by atoms with Crippen molar-refractivity contribution >= 4 is 5.91 Å². The van der Waals surface area contributed by atoms with Crippen LogP contribution in [0.5, 0.6) is 5.75 Å². The maximum Gasteiger partial charge on any atom is 0.261 e. The number of fused-ring (bicyclic) bond motifs is 2. The molecule has 2 aliphatic rings. The average Bonchev–Trinajstić information content (AvgIpc) is 2.99. The van der Waals surface area contributed by atoms with Crippen molar-refractivity contribution in [1.82, 2.24) is 5.32 Å². The van der Waals surface area contributed by atoms with Crippen LogP contribution in [0.1, 0.15) is 43.7 Å². The van der Waals surface area contributed by atoms with E-state index in [9.17, 15) is 4.79 Å². The van der Waals surface area contributed by atoms with Crippen LogP contribution in [0, 0.1) is 25.7 Å². The van der Waals surface area contributed by atoms with E-state index in [1.807, 2.05) is 32.9 Å². The van der Waals surface area contributed by atoms with Crippen LogP contribution in [0.3, 0.4) is 0 Å². The van der Waals surface area contributed by atoms with Gasteiger partial charge in [0.2, 0.25) is 0 Å². The van der Waals surface area contributed by atoms with Crippen molar-refractivity contribution in [3.05, 3.63) is 29.3 Å². The highest BCUT2D eigenvalue weighted by molar-refractivity contribution is 5.81. The molecule has 4 atom stereocenters. The van der Waals surface area contributed by atoms with Gasteiger partial charge in [0.1, 0.15) is 5.75 Å². The van der Waals surface area contributed by atoms with E-state index in [-0.39, 0.29) is 5.91 Å². The molecular formula is C18H25NO2. The Kier molecular flexibility index (Phi) is 3.92. The lowest BCUT2D eigenvalue weighted by atomic mass is 9.95. The zero-order valence-electron chi connectivity index (χ0n) is 13.2. The molecule has 0 aromatic heterocycles. The van der Waals surface area contributed by atoms with Gasteiger partial charge in [0, 0.05) is 6.04 Å². The van der Waals surface area contributed by atoms with Gasteiger partial charge in [0.05, 0.1) is 0 Å². The quantitative estimate of drug-likeness (QED) is 0.922. The molecule has 3 rings (SSSR count). The summed E-state index contributed by atoms with van der Waals surface area (Å²) in [5.41, 5.74) is 2.32. The van der Waals surface area contributed by atoms with Gasteiger partial charge in [-0.25, -0.2) is 0 Å². The minimum absolute atomic E-state index is 0.0201. The Balaban J connectivity index is 1.57. The fourth-order valence-electron chi connectivity index (χ4n) is 3.98. The van der Waals surface area contributed by atoms with Crippen LogP contribution >= 0.6 is 0 Å². The van der Waals surface area contributed by atoms with E-state index in [2.05, 4.69) is 11.4 Å². The Bertz CT molecular complexity index is 520. The molecule has 0 unspecified atom stereocenters. The van der Waals surface area contributed by atoms with Crippen molar-refractivity contribution in [3.63, 3.8) is 0 Å². The summed E-state index contributed by atoms with van der Waals surface area (Å²) in [6, 6.07) is 6.44. The van der Waals surface area contributed by atoms with E-state index in [1.54, 1.807) is 0 Å². The summed E-state index contributed by atoms with van der Waals surface area (Å²) in [7, 11) is 0. The number of hydrogen-bond donors (Lipinski definition) is 1. The standard InChI is InChI=1S/C18H25NO2/c1-11-6-12(2)8-16(7-11)21-13(3)18(20)19-17-10-14-4-5-15(17)9-14/h6-8,13-15,17H,4-5,9-10H2,1-3H3,(H,19,20)/t13-,14+,15+,17-/m0/s1. The van der Waals surface area contributed by atoms with Crippen LogP contribution in [0.15, 0.2) is 18.2 Å². The minimum atomic E-state index is -0.440. The number of ether oxygens (including phenoxy) is 1. The Labute approximate surface area is 127 Å². The van der Waals surface area contributed by atoms with Crippen molar-refractivity contribution in [2.45, 2.75) is 58.6 Å². The first kappa shape index (κ1) is 14.4. The average molecular weight is 287 g/mol. The SMILES string of the molecule is Cc1cc(C)cc(O[C@@H](C)C(=O)N[C@H]2C[C@@H]3CC[C@@H]2C3)c1. The lowest BCUT2D eigenvalue weighted by Gasteiger charge is -2.25. The van der Waals surface area contributed by atoms with E-state index in [0.29, 0.717) is 12.0 Å². The first-order chi connectivity index (χ1) is 10.0. The van der Waals surface area contributed by atoms with E-state index >= 15 is 0 Å². The maximum atomic E-state index is 12.3. The molecular weight excluding hydrogens is 262 g/mol.